The van der Waals surface area contributed by atoms with Gasteiger partial charge in [0.25, 0.3) is 0 Å². The monoisotopic (exact) mass is 616 g/mol. The molecule has 0 saturated carbocycles. The first-order chi connectivity index (χ1) is 21.2. The summed E-state index contributed by atoms with van der Waals surface area (Å²) < 4.78 is 0. The van der Waals surface area contributed by atoms with E-state index in [-0.39, 0.29) is 0 Å². The molecule has 2 nitrogen and oxygen atoms in total. The predicted molar refractivity (Wildman–Crippen MR) is 207 cm³/mol. The zero-order valence-electron chi connectivity index (χ0n) is 32.9. The largest absolute Gasteiger partial charge is 0.377 e. The molecule has 0 atom stereocenters. The summed E-state index contributed by atoms with van der Waals surface area (Å²) in [6.45, 7) is 37.3. The Labute approximate surface area is 281 Å². The van der Waals surface area contributed by atoms with E-state index in [1.54, 1.807) is 0 Å². The lowest BCUT2D eigenvalue weighted by molar-refractivity contribution is 1.07. The van der Waals surface area contributed by atoms with Crippen molar-refractivity contribution in [1.82, 2.24) is 0 Å². The van der Waals surface area contributed by atoms with E-state index >= 15 is 0 Å². The Morgan fingerprint density at radius 1 is 0.196 bits per heavy atom. The lowest BCUT2D eigenvalue weighted by atomic mass is 9.75. The van der Waals surface area contributed by atoms with Crippen LogP contribution in [0.5, 0.6) is 0 Å². The minimum Gasteiger partial charge on any atom is -0.377 e. The van der Waals surface area contributed by atoms with Crippen LogP contribution in [0.2, 0.25) is 0 Å². The van der Waals surface area contributed by atoms with Crippen LogP contribution in [0, 0.1) is 111 Å². The van der Waals surface area contributed by atoms with Crippen molar-refractivity contribution < 1.29 is 0 Å². The molecule has 0 aliphatic rings. The van der Waals surface area contributed by atoms with Gasteiger partial charge in [0.15, 0.2) is 0 Å². The molecule has 0 bridgehead atoms. The Bertz CT molecular complexity index is 1670. The van der Waals surface area contributed by atoms with E-state index in [1.807, 2.05) is 0 Å². The van der Waals surface area contributed by atoms with Crippen LogP contribution in [0.4, 0.5) is 11.4 Å². The first-order valence-electron chi connectivity index (χ1n) is 17.0. The maximum Gasteiger partial charge on any atom is 0.0426 e. The van der Waals surface area contributed by atoms with Gasteiger partial charge in [0.05, 0.1) is 0 Å². The van der Waals surface area contributed by atoms with E-state index in [2.05, 4.69) is 149 Å². The van der Waals surface area contributed by atoms with Gasteiger partial charge in [-0.3, -0.25) is 0 Å². The molecule has 0 unspecified atom stereocenters. The molecule has 0 fully saturated rings. The number of benzene rings is 4. The summed E-state index contributed by atoms with van der Waals surface area (Å²) in [6, 6.07) is 0. The second-order valence-corrected chi connectivity index (χ2v) is 14.7. The minimum atomic E-state index is 1.35. The zero-order valence-corrected chi connectivity index (χ0v) is 32.9. The van der Waals surface area contributed by atoms with E-state index in [1.165, 1.54) is 134 Å². The summed E-state index contributed by atoms with van der Waals surface area (Å²) >= 11 is 0. The molecule has 0 aliphatic heterocycles. The van der Waals surface area contributed by atoms with Crippen LogP contribution in [-0.4, -0.2) is 28.2 Å². The van der Waals surface area contributed by atoms with Crippen LogP contribution in [0.3, 0.4) is 0 Å². The summed E-state index contributed by atoms with van der Waals surface area (Å²) in [5.41, 5.74) is 33.5. The highest BCUT2D eigenvalue weighted by Crippen LogP contribution is 2.49. The molecule has 246 valence electrons. The van der Waals surface area contributed by atoms with Crippen molar-refractivity contribution in [2.24, 2.45) is 0 Å². The standard InChI is InChI=1S/C44H60N2/c1-21-25(5)39(41-29(9)33(13)43(45(17)18)34(14)30(41)10)26(6)22(2)37(21)38-23(3)27(7)40(28(8)24(38)4)42-31(11)35(15)44(46(19)20)36(16)32(42)12/h1-20H3. The van der Waals surface area contributed by atoms with Gasteiger partial charge >= 0.3 is 0 Å². The van der Waals surface area contributed by atoms with Crippen molar-refractivity contribution in [2.75, 3.05) is 38.0 Å². The van der Waals surface area contributed by atoms with Crippen LogP contribution in [-0.2, 0) is 0 Å². The van der Waals surface area contributed by atoms with Crippen molar-refractivity contribution >= 4 is 11.4 Å². The fourth-order valence-electron chi connectivity index (χ4n) is 8.80. The molecular weight excluding hydrogens is 556 g/mol. The first kappa shape index (κ1) is 35.3. The van der Waals surface area contributed by atoms with Crippen molar-refractivity contribution in [3.63, 3.8) is 0 Å². The molecule has 0 N–H and O–H groups in total. The zero-order chi connectivity index (χ0) is 35.0. The molecule has 4 aromatic carbocycles. The summed E-state index contributed by atoms with van der Waals surface area (Å²) in [6.07, 6.45) is 0. The summed E-state index contributed by atoms with van der Waals surface area (Å²) in [5, 5.41) is 0. The summed E-state index contributed by atoms with van der Waals surface area (Å²) in [7, 11) is 8.66. The third kappa shape index (κ3) is 4.99. The maximum atomic E-state index is 2.36. The van der Waals surface area contributed by atoms with Crippen LogP contribution >= 0.6 is 0 Å². The average molecular weight is 617 g/mol. The van der Waals surface area contributed by atoms with Gasteiger partial charge in [-0.05, 0) is 233 Å². The van der Waals surface area contributed by atoms with Crippen molar-refractivity contribution in [3.8, 4) is 33.4 Å². The fraction of sp³-hybridized carbons (Fsp3) is 0.455. The van der Waals surface area contributed by atoms with Crippen LogP contribution in [0.1, 0.15) is 89.0 Å². The van der Waals surface area contributed by atoms with E-state index in [0.717, 1.165) is 0 Å². The fourth-order valence-corrected chi connectivity index (χ4v) is 8.80. The molecule has 0 radical (unpaired) electrons. The predicted octanol–water partition coefficient (Wildman–Crippen LogP) is 11.8. The second kappa shape index (κ2) is 12.3. The molecule has 0 spiro atoms. The lowest BCUT2D eigenvalue weighted by Crippen LogP contribution is -2.15. The van der Waals surface area contributed by atoms with Crippen molar-refractivity contribution in [2.45, 2.75) is 111 Å². The smallest absolute Gasteiger partial charge is 0.0426 e. The molecule has 4 aromatic rings. The maximum absolute atomic E-state index is 2.36. The van der Waals surface area contributed by atoms with Gasteiger partial charge in [-0.1, -0.05) is 0 Å². The average Bonchev–Trinajstić information content (AvgIpc) is 2.98. The van der Waals surface area contributed by atoms with Gasteiger partial charge in [-0.15, -0.1) is 0 Å². The SMILES string of the molecule is Cc1c(C)c(-c2c(C)c(C)c(N(C)C)c(C)c2C)c(C)c(C)c1-c1c(C)c(C)c(-c2c(C)c(C)c(N(C)C)c(C)c2C)c(C)c1C. The Morgan fingerprint density at radius 3 is 0.413 bits per heavy atom. The third-order valence-corrected chi connectivity index (χ3v) is 12.1. The first-order valence-corrected chi connectivity index (χ1v) is 17.0. The highest BCUT2D eigenvalue weighted by molar-refractivity contribution is 5.92. The lowest BCUT2D eigenvalue weighted by Gasteiger charge is -2.30. The molecule has 0 amide bonds. The van der Waals surface area contributed by atoms with Gasteiger partial charge in [-0.25, -0.2) is 0 Å². The van der Waals surface area contributed by atoms with Gasteiger partial charge in [-0.2, -0.15) is 0 Å². The van der Waals surface area contributed by atoms with Crippen LogP contribution < -0.4 is 9.80 Å². The second-order valence-electron chi connectivity index (χ2n) is 14.7. The Morgan fingerprint density at radius 2 is 0.304 bits per heavy atom. The van der Waals surface area contributed by atoms with Crippen LogP contribution in [0.25, 0.3) is 33.4 Å². The number of hydrogen-bond donors (Lipinski definition) is 0. The van der Waals surface area contributed by atoms with Gasteiger partial charge in [0.1, 0.15) is 0 Å². The van der Waals surface area contributed by atoms with Crippen molar-refractivity contribution in [1.29, 1.82) is 0 Å². The van der Waals surface area contributed by atoms with E-state index in [9.17, 15) is 0 Å². The summed E-state index contributed by atoms with van der Waals surface area (Å²) in [4.78, 5) is 4.55. The highest BCUT2D eigenvalue weighted by Gasteiger charge is 2.27. The van der Waals surface area contributed by atoms with E-state index < -0.39 is 0 Å². The number of nitrogens with zero attached hydrogens (tertiary/aromatic N) is 2. The molecule has 0 heterocycles. The normalized spacial score (nSPS) is 11.5. The molecule has 0 saturated heterocycles. The van der Waals surface area contributed by atoms with E-state index in [4.69, 9.17) is 0 Å². The Kier molecular flexibility index (Phi) is 9.41. The summed E-state index contributed by atoms with van der Waals surface area (Å²) in [5.74, 6) is 0. The van der Waals surface area contributed by atoms with Gasteiger partial charge in [0, 0.05) is 39.6 Å². The number of anilines is 2. The van der Waals surface area contributed by atoms with E-state index in [0.29, 0.717) is 0 Å². The Balaban J connectivity index is 2.09. The molecule has 46 heavy (non-hydrogen) atoms. The molecule has 0 aromatic heterocycles. The molecule has 0 aliphatic carbocycles. The highest BCUT2D eigenvalue weighted by atomic mass is 15.1. The third-order valence-electron chi connectivity index (χ3n) is 12.1. The topological polar surface area (TPSA) is 6.48 Å². The quantitative estimate of drug-likeness (QED) is 0.220. The van der Waals surface area contributed by atoms with Crippen molar-refractivity contribution in [3.05, 3.63) is 89.0 Å². The molecule has 4 rings (SSSR count). The van der Waals surface area contributed by atoms with Crippen LogP contribution in [0.15, 0.2) is 0 Å². The number of hydrogen-bond acceptors (Lipinski definition) is 2. The number of rotatable bonds is 5. The Hall–Kier alpha value is -3.52. The molecule has 2 heteroatoms. The van der Waals surface area contributed by atoms with Gasteiger partial charge < -0.3 is 9.80 Å². The minimum absolute atomic E-state index is 1.35. The van der Waals surface area contributed by atoms with Gasteiger partial charge in [0.2, 0.25) is 0 Å². The molecular formula is C44H60N2.